The van der Waals surface area contributed by atoms with Crippen LogP contribution in [-0.2, 0) is 9.59 Å². The van der Waals surface area contributed by atoms with Gasteiger partial charge < -0.3 is 0 Å². The Morgan fingerprint density at radius 3 is 2.50 bits per heavy atom. The van der Waals surface area contributed by atoms with Crippen LogP contribution >= 0.6 is 0 Å². The zero-order valence-corrected chi connectivity index (χ0v) is 7.59. The minimum absolute atomic E-state index is 0.199. The highest BCUT2D eigenvalue weighted by molar-refractivity contribution is 5.96. The standard InChI is InChI=1S/C8H10N4O2/c13-7-3-1-4-8(14)12(7)11-6-2-5-9-10-11/h2,5H,1,3-4,6H2. The van der Waals surface area contributed by atoms with Gasteiger partial charge in [-0.05, 0) is 12.5 Å². The fourth-order valence-corrected chi connectivity index (χ4v) is 1.44. The molecule has 0 aromatic heterocycles. The third-order valence-corrected chi connectivity index (χ3v) is 2.08. The smallest absolute Gasteiger partial charge is 0.249 e. The van der Waals surface area contributed by atoms with Crippen molar-refractivity contribution in [1.82, 2.24) is 10.1 Å². The molecule has 1 fully saturated rings. The van der Waals surface area contributed by atoms with Gasteiger partial charge in [-0.2, -0.15) is 10.1 Å². The fraction of sp³-hybridized carbons (Fsp3) is 0.500. The number of rotatable bonds is 1. The van der Waals surface area contributed by atoms with E-state index in [9.17, 15) is 9.59 Å². The van der Waals surface area contributed by atoms with Gasteiger partial charge in [0.2, 0.25) is 11.8 Å². The lowest BCUT2D eigenvalue weighted by Crippen LogP contribution is -2.49. The van der Waals surface area contributed by atoms with E-state index in [0.717, 1.165) is 5.01 Å². The Bertz CT molecular complexity index is 307. The van der Waals surface area contributed by atoms with Gasteiger partial charge in [-0.15, -0.1) is 5.11 Å². The van der Waals surface area contributed by atoms with Crippen molar-refractivity contribution in [3.63, 3.8) is 0 Å². The van der Waals surface area contributed by atoms with E-state index in [-0.39, 0.29) is 11.8 Å². The maximum atomic E-state index is 11.4. The number of piperidine rings is 1. The van der Waals surface area contributed by atoms with Gasteiger partial charge in [-0.25, -0.2) is 0 Å². The average molecular weight is 194 g/mol. The second kappa shape index (κ2) is 3.57. The van der Waals surface area contributed by atoms with Gasteiger partial charge in [0.15, 0.2) is 0 Å². The molecule has 74 valence electrons. The Labute approximate surface area is 80.8 Å². The minimum Gasteiger partial charge on any atom is -0.272 e. The molecule has 2 amide bonds. The summed E-state index contributed by atoms with van der Waals surface area (Å²) in [5.74, 6) is -0.397. The van der Waals surface area contributed by atoms with Gasteiger partial charge >= 0.3 is 0 Å². The van der Waals surface area contributed by atoms with Gasteiger partial charge in [0.05, 0.1) is 6.54 Å². The molecule has 0 radical (unpaired) electrons. The molecule has 0 aromatic rings. The molecule has 2 heterocycles. The van der Waals surface area contributed by atoms with E-state index >= 15 is 0 Å². The summed E-state index contributed by atoms with van der Waals surface area (Å²) in [6.07, 6.45) is 4.72. The number of hydrazine groups is 1. The van der Waals surface area contributed by atoms with Gasteiger partial charge in [0, 0.05) is 19.0 Å². The Morgan fingerprint density at radius 2 is 1.93 bits per heavy atom. The van der Waals surface area contributed by atoms with Crippen LogP contribution in [0.1, 0.15) is 19.3 Å². The highest BCUT2D eigenvalue weighted by Gasteiger charge is 2.31. The lowest BCUT2D eigenvalue weighted by atomic mass is 10.1. The molecule has 14 heavy (non-hydrogen) atoms. The van der Waals surface area contributed by atoms with Crippen LogP contribution in [0.2, 0.25) is 0 Å². The van der Waals surface area contributed by atoms with E-state index in [2.05, 4.69) is 10.3 Å². The molecule has 2 rings (SSSR count). The van der Waals surface area contributed by atoms with Crippen molar-refractivity contribution in [3.8, 4) is 0 Å². The first-order valence-corrected chi connectivity index (χ1v) is 4.48. The summed E-state index contributed by atoms with van der Waals surface area (Å²) in [4.78, 5) is 22.9. The third-order valence-electron chi connectivity index (χ3n) is 2.08. The normalized spacial score (nSPS) is 22.0. The molecule has 2 aliphatic heterocycles. The van der Waals surface area contributed by atoms with Crippen LogP contribution in [0.5, 0.6) is 0 Å². The molecule has 0 spiro atoms. The Kier molecular flexibility index (Phi) is 2.26. The Morgan fingerprint density at radius 1 is 1.21 bits per heavy atom. The Balaban J connectivity index is 2.14. The zero-order chi connectivity index (χ0) is 9.97. The lowest BCUT2D eigenvalue weighted by molar-refractivity contribution is -0.168. The molecule has 0 atom stereocenters. The Hall–Kier alpha value is -1.72. The molecule has 0 bridgehead atoms. The van der Waals surface area contributed by atoms with Gasteiger partial charge in [0.1, 0.15) is 0 Å². The van der Waals surface area contributed by atoms with Crippen molar-refractivity contribution in [2.75, 3.05) is 6.54 Å². The number of imide groups is 1. The first-order valence-electron chi connectivity index (χ1n) is 4.48. The highest BCUT2D eigenvalue weighted by atomic mass is 16.2. The average Bonchev–Trinajstić information content (AvgIpc) is 2.19. The summed E-state index contributed by atoms with van der Waals surface area (Å²) in [6.45, 7) is 0.418. The number of carbonyl (C=O) groups is 2. The van der Waals surface area contributed by atoms with Gasteiger partial charge in [-0.3, -0.25) is 9.59 Å². The maximum absolute atomic E-state index is 11.4. The van der Waals surface area contributed by atoms with Gasteiger partial charge in [0.25, 0.3) is 0 Å². The fourth-order valence-electron chi connectivity index (χ4n) is 1.44. The summed E-state index contributed by atoms with van der Waals surface area (Å²) in [7, 11) is 0. The van der Waals surface area contributed by atoms with Gasteiger partial charge in [-0.1, -0.05) is 5.22 Å². The molecule has 0 aliphatic carbocycles. The molecule has 1 saturated heterocycles. The minimum atomic E-state index is -0.199. The largest absolute Gasteiger partial charge is 0.272 e. The van der Waals surface area contributed by atoms with Crippen molar-refractivity contribution < 1.29 is 9.59 Å². The van der Waals surface area contributed by atoms with E-state index in [4.69, 9.17) is 0 Å². The lowest BCUT2D eigenvalue weighted by Gasteiger charge is -2.31. The predicted molar refractivity (Wildman–Crippen MR) is 46.4 cm³/mol. The zero-order valence-electron chi connectivity index (χ0n) is 7.59. The van der Waals surface area contributed by atoms with Crippen molar-refractivity contribution in [2.45, 2.75) is 19.3 Å². The van der Waals surface area contributed by atoms with Crippen molar-refractivity contribution in [2.24, 2.45) is 10.3 Å². The predicted octanol–water partition coefficient (Wildman–Crippen LogP) is 0.637. The topological polar surface area (TPSA) is 65.3 Å². The van der Waals surface area contributed by atoms with E-state index in [1.165, 1.54) is 11.3 Å². The van der Waals surface area contributed by atoms with Crippen LogP contribution in [0.25, 0.3) is 0 Å². The molecular weight excluding hydrogens is 184 g/mol. The number of hydrogen-bond acceptors (Lipinski definition) is 5. The summed E-state index contributed by atoms with van der Waals surface area (Å²) in [5, 5.41) is 9.71. The van der Waals surface area contributed by atoms with E-state index in [1.54, 1.807) is 6.08 Å². The second-order valence-electron chi connectivity index (χ2n) is 3.10. The first kappa shape index (κ1) is 8.86. The quantitative estimate of drug-likeness (QED) is 0.575. The number of carbonyl (C=O) groups excluding carboxylic acids is 2. The summed E-state index contributed by atoms with van der Waals surface area (Å²) < 4.78 is 0. The third kappa shape index (κ3) is 1.50. The van der Waals surface area contributed by atoms with Crippen LogP contribution in [0.4, 0.5) is 0 Å². The summed E-state index contributed by atoms with van der Waals surface area (Å²) in [6, 6.07) is 0. The summed E-state index contributed by atoms with van der Waals surface area (Å²) >= 11 is 0. The molecular formula is C8H10N4O2. The number of amides is 2. The van der Waals surface area contributed by atoms with E-state index in [0.29, 0.717) is 25.8 Å². The van der Waals surface area contributed by atoms with Crippen LogP contribution in [0.15, 0.2) is 22.6 Å². The molecule has 0 aromatic carbocycles. The highest BCUT2D eigenvalue weighted by Crippen LogP contribution is 2.16. The monoisotopic (exact) mass is 194 g/mol. The van der Waals surface area contributed by atoms with Crippen LogP contribution in [-0.4, -0.2) is 28.5 Å². The van der Waals surface area contributed by atoms with E-state index < -0.39 is 0 Å². The number of hydrogen-bond donors (Lipinski definition) is 0. The van der Waals surface area contributed by atoms with Crippen LogP contribution in [0.3, 0.4) is 0 Å². The second-order valence-corrected chi connectivity index (χ2v) is 3.10. The van der Waals surface area contributed by atoms with Crippen molar-refractivity contribution in [3.05, 3.63) is 12.3 Å². The SMILES string of the molecule is O=C1CCCC(=O)N1N1CC=CN=N1. The molecule has 6 heteroatoms. The molecule has 0 N–H and O–H groups in total. The van der Waals surface area contributed by atoms with E-state index in [1.807, 2.05) is 0 Å². The molecule has 2 aliphatic rings. The maximum Gasteiger partial charge on any atom is 0.249 e. The van der Waals surface area contributed by atoms with Crippen molar-refractivity contribution >= 4 is 11.8 Å². The molecule has 0 unspecified atom stereocenters. The number of nitrogens with zero attached hydrogens (tertiary/aromatic N) is 4. The van der Waals surface area contributed by atoms with Crippen LogP contribution < -0.4 is 0 Å². The molecule has 6 nitrogen and oxygen atoms in total. The first-order chi connectivity index (χ1) is 6.79. The molecule has 0 saturated carbocycles. The van der Waals surface area contributed by atoms with Crippen LogP contribution in [0, 0.1) is 0 Å². The summed E-state index contributed by atoms with van der Waals surface area (Å²) in [5.41, 5.74) is 0. The van der Waals surface area contributed by atoms with Crippen molar-refractivity contribution in [1.29, 1.82) is 0 Å².